The second-order valence-corrected chi connectivity index (χ2v) is 26.7. The summed E-state index contributed by atoms with van der Waals surface area (Å²) in [5.41, 5.74) is 0. The summed E-state index contributed by atoms with van der Waals surface area (Å²) in [6.45, 7) is 9.38. The molecule has 0 rings (SSSR count). The molecule has 0 saturated carbocycles. The van der Waals surface area contributed by atoms with E-state index in [1.54, 1.807) is 0 Å². The molecule has 5 atom stereocenters. The van der Waals surface area contributed by atoms with E-state index in [1.165, 1.54) is 128 Å². The first kappa shape index (κ1) is 80.1. The van der Waals surface area contributed by atoms with Crippen molar-refractivity contribution in [2.45, 2.75) is 330 Å². The summed E-state index contributed by atoms with van der Waals surface area (Å²) in [5, 5.41) is 10.5. The molecular formula is C63H122O17P2. The molecule has 3 N–H and O–H groups in total. The Morgan fingerprint density at radius 3 is 0.829 bits per heavy atom. The van der Waals surface area contributed by atoms with E-state index >= 15 is 0 Å². The van der Waals surface area contributed by atoms with E-state index in [2.05, 4.69) is 41.5 Å². The van der Waals surface area contributed by atoms with Crippen molar-refractivity contribution >= 4 is 39.5 Å². The highest BCUT2D eigenvalue weighted by Crippen LogP contribution is 2.45. The van der Waals surface area contributed by atoms with Crippen LogP contribution in [0, 0.1) is 11.8 Å². The number of phosphoric ester groups is 2. The number of carbonyl (C=O) groups excluding carboxylic acids is 4. The second-order valence-electron chi connectivity index (χ2n) is 23.7. The number of ether oxygens (including phenoxy) is 4. The van der Waals surface area contributed by atoms with Gasteiger partial charge in [0.15, 0.2) is 12.2 Å². The van der Waals surface area contributed by atoms with Crippen molar-refractivity contribution in [3.63, 3.8) is 0 Å². The number of aliphatic hydroxyl groups is 1. The molecular weight excluding hydrogens is 1090 g/mol. The Hall–Kier alpha value is -1.94. The van der Waals surface area contributed by atoms with Gasteiger partial charge in [0.05, 0.1) is 26.4 Å². The Morgan fingerprint density at radius 2 is 0.561 bits per heavy atom. The van der Waals surface area contributed by atoms with Gasteiger partial charge in [0.2, 0.25) is 0 Å². The van der Waals surface area contributed by atoms with Gasteiger partial charge >= 0.3 is 39.5 Å². The van der Waals surface area contributed by atoms with E-state index < -0.39 is 97.5 Å². The van der Waals surface area contributed by atoms with E-state index in [1.807, 2.05) is 0 Å². The molecule has 0 radical (unpaired) electrons. The molecule has 0 aliphatic heterocycles. The zero-order chi connectivity index (χ0) is 60.8. The van der Waals surface area contributed by atoms with Crippen molar-refractivity contribution in [1.29, 1.82) is 0 Å². The predicted molar refractivity (Wildman–Crippen MR) is 326 cm³/mol. The molecule has 0 aromatic carbocycles. The van der Waals surface area contributed by atoms with Gasteiger partial charge in [-0.25, -0.2) is 9.13 Å². The van der Waals surface area contributed by atoms with E-state index in [-0.39, 0.29) is 25.7 Å². The summed E-state index contributed by atoms with van der Waals surface area (Å²) in [7, 11) is -9.88. The Labute approximate surface area is 498 Å². The molecule has 0 amide bonds. The van der Waals surface area contributed by atoms with Crippen LogP contribution in [0.15, 0.2) is 0 Å². The lowest BCUT2D eigenvalue weighted by Gasteiger charge is -2.21. The standard InChI is InChI=1S/C63H122O17P2/c1-7-9-11-13-15-17-18-22-28-34-40-46-61(66)74-51-58(79-62(67)47-41-35-29-23-19-21-25-31-37-43-55(3)4)53-77-81(69,70)75-49-57(64)50-76-82(71,72)78-54-59(52-73-60(65)45-39-33-27-20-16-14-12-10-8-2)80-63(68)48-42-36-30-24-26-32-38-44-56(5)6/h55-59,64H,7-54H2,1-6H3,(H,69,70)(H,71,72)/t57-,58-,59-/m1/s1. The lowest BCUT2D eigenvalue weighted by molar-refractivity contribution is -0.161. The molecule has 17 nitrogen and oxygen atoms in total. The minimum atomic E-state index is -4.94. The number of rotatable bonds is 62. The number of esters is 4. The van der Waals surface area contributed by atoms with Crippen LogP contribution in [0.5, 0.6) is 0 Å². The van der Waals surface area contributed by atoms with Crippen LogP contribution >= 0.6 is 15.6 Å². The number of unbranched alkanes of at least 4 members (excludes halogenated alkanes) is 32. The average Bonchev–Trinajstić information content (AvgIpc) is 3.44. The zero-order valence-electron chi connectivity index (χ0n) is 52.8. The van der Waals surface area contributed by atoms with Crippen LogP contribution in [0.3, 0.4) is 0 Å². The van der Waals surface area contributed by atoms with Crippen LogP contribution in [0.4, 0.5) is 0 Å². The molecule has 0 fully saturated rings. The Bertz CT molecular complexity index is 1620. The molecule has 486 valence electrons. The molecule has 0 aliphatic carbocycles. The molecule has 0 aromatic rings. The van der Waals surface area contributed by atoms with E-state index in [0.29, 0.717) is 31.6 Å². The quantitative estimate of drug-likeness (QED) is 0.0222. The zero-order valence-corrected chi connectivity index (χ0v) is 54.6. The number of hydrogen-bond acceptors (Lipinski definition) is 15. The summed E-state index contributed by atoms with van der Waals surface area (Å²) in [4.78, 5) is 72.1. The largest absolute Gasteiger partial charge is 0.472 e. The molecule has 0 aliphatic rings. The van der Waals surface area contributed by atoms with Crippen LogP contribution in [0.1, 0.15) is 311 Å². The highest BCUT2D eigenvalue weighted by Gasteiger charge is 2.30. The lowest BCUT2D eigenvalue weighted by Crippen LogP contribution is -2.30. The minimum Gasteiger partial charge on any atom is -0.462 e. The van der Waals surface area contributed by atoms with Gasteiger partial charge in [0.25, 0.3) is 0 Å². The van der Waals surface area contributed by atoms with Gasteiger partial charge in [-0.05, 0) is 37.5 Å². The molecule has 0 bridgehead atoms. The normalized spacial score (nSPS) is 14.3. The molecule has 82 heavy (non-hydrogen) atoms. The second kappa shape index (κ2) is 55.6. The van der Waals surface area contributed by atoms with Crippen LogP contribution in [0.25, 0.3) is 0 Å². The van der Waals surface area contributed by atoms with Gasteiger partial charge in [0.1, 0.15) is 19.3 Å². The van der Waals surface area contributed by atoms with E-state index in [4.69, 9.17) is 37.0 Å². The van der Waals surface area contributed by atoms with Gasteiger partial charge in [-0.3, -0.25) is 37.3 Å². The van der Waals surface area contributed by atoms with Gasteiger partial charge in [0, 0.05) is 25.7 Å². The maximum Gasteiger partial charge on any atom is 0.472 e. The van der Waals surface area contributed by atoms with Gasteiger partial charge in [-0.15, -0.1) is 0 Å². The topological polar surface area (TPSA) is 237 Å². The highest BCUT2D eigenvalue weighted by molar-refractivity contribution is 7.47. The van der Waals surface area contributed by atoms with Crippen molar-refractivity contribution in [3.8, 4) is 0 Å². The summed E-state index contributed by atoms with van der Waals surface area (Å²) in [6.07, 6.45) is 37.6. The van der Waals surface area contributed by atoms with Crippen LogP contribution in [-0.2, 0) is 65.4 Å². The van der Waals surface area contributed by atoms with Crippen LogP contribution in [-0.4, -0.2) is 96.7 Å². The molecule has 2 unspecified atom stereocenters. The van der Waals surface area contributed by atoms with Crippen LogP contribution in [0.2, 0.25) is 0 Å². The summed E-state index contributed by atoms with van der Waals surface area (Å²) >= 11 is 0. The Morgan fingerprint density at radius 1 is 0.329 bits per heavy atom. The molecule has 0 saturated heterocycles. The highest BCUT2D eigenvalue weighted by atomic mass is 31.2. The third-order valence-electron chi connectivity index (χ3n) is 14.5. The van der Waals surface area contributed by atoms with Gasteiger partial charge < -0.3 is 33.8 Å². The fourth-order valence-corrected chi connectivity index (χ4v) is 10.9. The summed E-state index contributed by atoms with van der Waals surface area (Å²) < 4.78 is 67.9. The molecule has 19 heteroatoms. The first-order valence-electron chi connectivity index (χ1n) is 33.0. The number of aliphatic hydroxyl groups excluding tert-OH is 1. The Balaban J connectivity index is 5.24. The summed E-state index contributed by atoms with van der Waals surface area (Å²) in [5.74, 6) is -0.705. The number of phosphoric acid groups is 2. The fourth-order valence-electron chi connectivity index (χ4n) is 9.35. The minimum absolute atomic E-state index is 0.103. The Kier molecular flexibility index (Phi) is 54.3. The smallest absolute Gasteiger partial charge is 0.462 e. The predicted octanol–water partition coefficient (Wildman–Crippen LogP) is 17.3. The van der Waals surface area contributed by atoms with Crippen LogP contribution < -0.4 is 0 Å². The first-order chi connectivity index (χ1) is 39.4. The SMILES string of the molecule is CCCCCCCCCCCCCC(=O)OC[C@H](COP(=O)(O)OC[C@@H](O)COP(=O)(O)OC[C@@H](COC(=O)CCCCCCCCCCC)OC(=O)CCCCCCCCCC(C)C)OC(=O)CCCCCCCCCCCC(C)C. The lowest BCUT2D eigenvalue weighted by atomic mass is 10.0. The molecule has 0 heterocycles. The third-order valence-corrected chi connectivity index (χ3v) is 16.4. The maximum absolute atomic E-state index is 13.0. The van der Waals surface area contributed by atoms with Gasteiger partial charge in [-0.1, -0.05) is 260 Å². The fraction of sp³-hybridized carbons (Fsp3) is 0.937. The van der Waals surface area contributed by atoms with Crippen molar-refractivity contribution in [1.82, 2.24) is 0 Å². The van der Waals surface area contributed by atoms with Crippen molar-refractivity contribution in [3.05, 3.63) is 0 Å². The third kappa shape index (κ3) is 57.2. The van der Waals surface area contributed by atoms with Crippen molar-refractivity contribution in [2.24, 2.45) is 11.8 Å². The maximum atomic E-state index is 13.0. The van der Waals surface area contributed by atoms with E-state index in [0.717, 1.165) is 95.8 Å². The van der Waals surface area contributed by atoms with Gasteiger partial charge in [-0.2, -0.15) is 0 Å². The number of carbonyl (C=O) groups is 4. The summed E-state index contributed by atoms with van der Waals surface area (Å²) in [6, 6.07) is 0. The first-order valence-corrected chi connectivity index (χ1v) is 36.0. The van der Waals surface area contributed by atoms with Crippen molar-refractivity contribution in [2.75, 3.05) is 39.6 Å². The monoisotopic (exact) mass is 1210 g/mol. The molecule has 0 aromatic heterocycles. The average molecular weight is 1210 g/mol. The molecule has 0 spiro atoms. The van der Waals surface area contributed by atoms with E-state index in [9.17, 15) is 43.2 Å². The van der Waals surface area contributed by atoms with Crippen molar-refractivity contribution < 1.29 is 80.2 Å². The number of hydrogen-bond donors (Lipinski definition) is 3.